The lowest BCUT2D eigenvalue weighted by atomic mass is 10.1. The van der Waals surface area contributed by atoms with Crippen molar-refractivity contribution in [3.05, 3.63) is 0 Å². The highest BCUT2D eigenvalue weighted by molar-refractivity contribution is 7.48. The van der Waals surface area contributed by atoms with Crippen molar-refractivity contribution in [1.82, 2.24) is 0 Å². The van der Waals surface area contributed by atoms with E-state index in [2.05, 4.69) is 6.92 Å². The molecule has 0 aromatic heterocycles. The van der Waals surface area contributed by atoms with Crippen molar-refractivity contribution in [2.75, 3.05) is 27.0 Å². The molecule has 0 spiro atoms. The summed E-state index contributed by atoms with van der Waals surface area (Å²) in [6.45, 7) is 2.83. The maximum Gasteiger partial charge on any atom is 0.474 e. The van der Waals surface area contributed by atoms with Gasteiger partial charge in [0.2, 0.25) is 0 Å². The van der Waals surface area contributed by atoms with Crippen molar-refractivity contribution in [3.63, 3.8) is 0 Å². The van der Waals surface area contributed by atoms with E-state index in [1.807, 2.05) is 0 Å². The van der Waals surface area contributed by atoms with Gasteiger partial charge in [-0.2, -0.15) is 0 Å². The second-order valence-corrected chi connectivity index (χ2v) is 9.42. The minimum atomic E-state index is -3.40. The van der Waals surface area contributed by atoms with Crippen LogP contribution in [0.4, 0.5) is 4.39 Å². The monoisotopic (exact) mass is 424 g/mol. The van der Waals surface area contributed by atoms with E-state index in [9.17, 15) is 8.96 Å². The third kappa shape index (κ3) is 19.4. The van der Waals surface area contributed by atoms with E-state index in [0.717, 1.165) is 44.9 Å². The summed E-state index contributed by atoms with van der Waals surface area (Å²) in [4.78, 5) is 0. The molecule has 1 unspecified atom stereocenters. The first-order chi connectivity index (χ1) is 13.7. The highest BCUT2D eigenvalue weighted by Gasteiger charge is 2.24. The molecule has 0 aromatic carbocycles. The van der Waals surface area contributed by atoms with Gasteiger partial charge in [0.25, 0.3) is 0 Å². The van der Waals surface area contributed by atoms with E-state index in [1.165, 1.54) is 64.9 Å². The lowest BCUT2D eigenvalue weighted by molar-refractivity contribution is 0.127. The fourth-order valence-electron chi connectivity index (χ4n) is 3.17. The quantitative estimate of drug-likeness (QED) is 0.122. The summed E-state index contributed by atoms with van der Waals surface area (Å²) >= 11 is 0. The molecular formula is C22H46FO4P. The summed E-state index contributed by atoms with van der Waals surface area (Å²) in [5.41, 5.74) is 0. The molecule has 0 N–H and O–H groups in total. The summed E-state index contributed by atoms with van der Waals surface area (Å²) in [6.07, 6.45) is 19.5. The Morgan fingerprint density at radius 2 is 0.964 bits per heavy atom. The fraction of sp³-hybridized carbons (Fsp3) is 1.00. The Morgan fingerprint density at radius 1 is 0.607 bits per heavy atom. The van der Waals surface area contributed by atoms with Crippen LogP contribution >= 0.6 is 7.82 Å². The second-order valence-electron chi connectivity index (χ2n) is 7.64. The van der Waals surface area contributed by atoms with Crippen LogP contribution in [0, 0.1) is 0 Å². The number of phosphoric ester groups is 1. The van der Waals surface area contributed by atoms with E-state index in [4.69, 9.17) is 13.6 Å². The van der Waals surface area contributed by atoms with Crippen molar-refractivity contribution in [3.8, 4) is 0 Å². The first-order valence-electron chi connectivity index (χ1n) is 11.7. The minimum Gasteiger partial charge on any atom is -0.290 e. The van der Waals surface area contributed by atoms with E-state index in [0.29, 0.717) is 19.6 Å². The number of unbranched alkanes of at least 4 members (excludes halogenated alkanes) is 15. The van der Waals surface area contributed by atoms with Gasteiger partial charge in [-0.1, -0.05) is 96.8 Å². The topological polar surface area (TPSA) is 44.8 Å². The van der Waals surface area contributed by atoms with Gasteiger partial charge >= 0.3 is 7.82 Å². The molecule has 0 saturated carbocycles. The summed E-state index contributed by atoms with van der Waals surface area (Å²) in [7, 11) is -2.02. The molecule has 0 aliphatic carbocycles. The van der Waals surface area contributed by atoms with Crippen molar-refractivity contribution in [2.24, 2.45) is 0 Å². The van der Waals surface area contributed by atoms with Gasteiger partial charge in [-0.15, -0.1) is 0 Å². The van der Waals surface area contributed by atoms with Gasteiger partial charge in [0.15, 0.2) is 0 Å². The van der Waals surface area contributed by atoms with Gasteiger partial charge in [0.05, 0.1) is 19.9 Å². The molecule has 0 aliphatic rings. The van der Waals surface area contributed by atoms with Crippen molar-refractivity contribution in [1.29, 1.82) is 0 Å². The molecule has 0 aromatic rings. The van der Waals surface area contributed by atoms with E-state index >= 15 is 0 Å². The Bertz CT molecular complexity index is 355. The summed E-state index contributed by atoms with van der Waals surface area (Å²) < 4.78 is 40.0. The van der Waals surface area contributed by atoms with Crippen molar-refractivity contribution >= 4 is 7.82 Å². The van der Waals surface area contributed by atoms with Crippen LogP contribution in [0.3, 0.4) is 0 Å². The number of rotatable bonds is 23. The van der Waals surface area contributed by atoms with E-state index in [-0.39, 0.29) is 6.67 Å². The van der Waals surface area contributed by atoms with Crippen LogP contribution < -0.4 is 0 Å². The van der Waals surface area contributed by atoms with Gasteiger partial charge in [0.1, 0.15) is 0 Å². The molecular weight excluding hydrogens is 378 g/mol. The Hall–Kier alpha value is 0.0400. The molecule has 0 radical (unpaired) electrons. The Kier molecular flexibility index (Phi) is 21.8. The number of alkyl halides is 1. The summed E-state index contributed by atoms with van der Waals surface area (Å²) in [5.74, 6) is 0. The molecule has 1 atom stereocenters. The minimum absolute atomic E-state index is 0.226. The Balaban J connectivity index is 3.46. The SMILES string of the molecule is CCCCCCCCCCCCCOP(=O)(OC)OCCCCCCCCF. The average molecular weight is 425 g/mol. The fourth-order valence-corrected chi connectivity index (χ4v) is 4.16. The van der Waals surface area contributed by atoms with Crippen LogP contribution in [0.1, 0.15) is 116 Å². The van der Waals surface area contributed by atoms with Crippen molar-refractivity contribution in [2.45, 2.75) is 116 Å². The molecule has 0 heterocycles. The Morgan fingerprint density at radius 3 is 1.32 bits per heavy atom. The zero-order valence-corrected chi connectivity index (χ0v) is 19.5. The third-order valence-electron chi connectivity index (χ3n) is 5.00. The Labute approximate surface area is 173 Å². The smallest absolute Gasteiger partial charge is 0.290 e. The average Bonchev–Trinajstić information content (AvgIpc) is 2.71. The van der Waals surface area contributed by atoms with Crippen LogP contribution in [0.15, 0.2) is 0 Å². The highest BCUT2D eigenvalue weighted by atomic mass is 31.2. The maximum atomic E-state index is 12.3. The zero-order valence-electron chi connectivity index (χ0n) is 18.6. The van der Waals surface area contributed by atoms with E-state index < -0.39 is 7.82 Å². The van der Waals surface area contributed by atoms with Crippen LogP contribution in [0.25, 0.3) is 0 Å². The van der Waals surface area contributed by atoms with Crippen LogP contribution in [0.5, 0.6) is 0 Å². The van der Waals surface area contributed by atoms with Gasteiger partial charge in [-0.3, -0.25) is 18.0 Å². The van der Waals surface area contributed by atoms with Gasteiger partial charge in [-0.25, -0.2) is 4.57 Å². The predicted octanol–water partition coefficient (Wildman–Crippen LogP) is 8.40. The van der Waals surface area contributed by atoms with Gasteiger partial charge in [0, 0.05) is 7.11 Å². The molecule has 4 nitrogen and oxygen atoms in total. The molecule has 6 heteroatoms. The third-order valence-corrected chi connectivity index (χ3v) is 6.44. The van der Waals surface area contributed by atoms with Gasteiger partial charge in [-0.05, 0) is 19.3 Å². The molecule has 0 aliphatic heterocycles. The molecule has 0 bridgehead atoms. The summed E-state index contributed by atoms with van der Waals surface area (Å²) in [6, 6.07) is 0. The standard InChI is InChI=1S/C22H46FO4P/c1-3-4-5-6-7-8-9-10-12-15-18-21-26-28(24,25-2)27-22-19-16-13-11-14-17-20-23/h3-22H2,1-2H3. The van der Waals surface area contributed by atoms with Crippen molar-refractivity contribution < 1.29 is 22.5 Å². The number of phosphoric acid groups is 1. The normalized spacial score (nSPS) is 13.7. The lowest BCUT2D eigenvalue weighted by Crippen LogP contribution is -2.01. The number of hydrogen-bond donors (Lipinski definition) is 0. The lowest BCUT2D eigenvalue weighted by Gasteiger charge is -2.15. The van der Waals surface area contributed by atoms with Crippen LogP contribution in [-0.4, -0.2) is 27.0 Å². The molecule has 0 fully saturated rings. The van der Waals surface area contributed by atoms with Crippen LogP contribution in [-0.2, 0) is 18.1 Å². The number of hydrogen-bond acceptors (Lipinski definition) is 4. The highest BCUT2D eigenvalue weighted by Crippen LogP contribution is 2.48. The maximum absolute atomic E-state index is 12.3. The van der Waals surface area contributed by atoms with Gasteiger partial charge < -0.3 is 0 Å². The predicted molar refractivity (Wildman–Crippen MR) is 117 cm³/mol. The first-order valence-corrected chi connectivity index (χ1v) is 13.2. The molecule has 28 heavy (non-hydrogen) atoms. The molecule has 0 amide bonds. The number of halogens is 1. The molecule has 170 valence electrons. The molecule has 0 rings (SSSR count). The first kappa shape index (κ1) is 28.0. The van der Waals surface area contributed by atoms with E-state index in [1.54, 1.807) is 0 Å². The van der Waals surface area contributed by atoms with Crippen LogP contribution in [0.2, 0.25) is 0 Å². The summed E-state index contributed by atoms with van der Waals surface area (Å²) in [5, 5.41) is 0. The largest absolute Gasteiger partial charge is 0.474 e. The second kappa shape index (κ2) is 21.7. The molecule has 0 saturated heterocycles. The zero-order chi connectivity index (χ0) is 20.8.